The smallest absolute Gasteiger partial charge is 0.258 e. The first-order chi connectivity index (χ1) is 15.5. The van der Waals surface area contributed by atoms with Crippen LogP contribution in [0.3, 0.4) is 0 Å². The Morgan fingerprint density at radius 1 is 1.00 bits per heavy atom. The minimum absolute atomic E-state index is 0.0363. The van der Waals surface area contributed by atoms with Crippen molar-refractivity contribution in [2.75, 3.05) is 6.61 Å². The Balaban J connectivity index is 1.12. The zero-order valence-corrected chi connectivity index (χ0v) is 18.6. The maximum absolute atomic E-state index is 12.4. The predicted octanol–water partition coefficient (Wildman–Crippen LogP) is 4.79. The van der Waals surface area contributed by atoms with E-state index in [2.05, 4.69) is 15.5 Å². The average molecular weight is 474 g/mol. The lowest BCUT2D eigenvalue weighted by molar-refractivity contribution is -0.125. The van der Waals surface area contributed by atoms with Gasteiger partial charge >= 0.3 is 0 Å². The molecule has 1 amide bonds. The fourth-order valence-corrected chi connectivity index (χ4v) is 4.84. The first kappa shape index (κ1) is 21.1. The van der Waals surface area contributed by atoms with Crippen molar-refractivity contribution in [1.82, 2.24) is 15.5 Å². The fourth-order valence-electron chi connectivity index (χ4n) is 4.59. The normalized spacial score (nSPS) is 23.4. The number of carbonyl (C=O) groups excluding carboxylic acids is 1. The Hall–Kier alpha value is -2.77. The molecule has 2 aromatic carbocycles. The first-order valence-electron chi connectivity index (χ1n) is 10.4. The monoisotopic (exact) mass is 473 g/mol. The van der Waals surface area contributed by atoms with Gasteiger partial charge in [-0.3, -0.25) is 4.79 Å². The molecule has 3 fully saturated rings. The van der Waals surface area contributed by atoms with E-state index in [0.29, 0.717) is 39.2 Å². The number of rotatable bonds is 8. The third-order valence-electron chi connectivity index (χ3n) is 6.06. The molecule has 3 saturated carbocycles. The third kappa shape index (κ3) is 4.54. The highest BCUT2D eigenvalue weighted by Crippen LogP contribution is 2.59. The SMILES string of the molecule is O=C(COc1ccc(Cl)cc1)NC12CC(C1)C(c1nc(COc3ccc(Cl)cc3)no1)C2. The van der Waals surface area contributed by atoms with Crippen molar-refractivity contribution >= 4 is 29.1 Å². The van der Waals surface area contributed by atoms with Crippen molar-refractivity contribution in [3.63, 3.8) is 0 Å². The molecule has 1 heterocycles. The van der Waals surface area contributed by atoms with Crippen LogP contribution in [0.1, 0.15) is 36.9 Å². The van der Waals surface area contributed by atoms with Gasteiger partial charge in [-0.1, -0.05) is 28.4 Å². The van der Waals surface area contributed by atoms with Crippen LogP contribution in [-0.4, -0.2) is 28.2 Å². The summed E-state index contributed by atoms with van der Waals surface area (Å²) in [5, 5.41) is 8.46. The minimum Gasteiger partial charge on any atom is -0.485 e. The van der Waals surface area contributed by atoms with Gasteiger partial charge in [-0.15, -0.1) is 0 Å². The molecule has 1 N–H and O–H groups in total. The molecule has 0 aliphatic heterocycles. The van der Waals surface area contributed by atoms with E-state index in [-0.39, 0.29) is 30.6 Å². The van der Waals surface area contributed by atoms with Crippen LogP contribution >= 0.6 is 23.2 Å². The van der Waals surface area contributed by atoms with Gasteiger partial charge in [0.1, 0.15) is 11.5 Å². The topological polar surface area (TPSA) is 86.5 Å². The van der Waals surface area contributed by atoms with E-state index in [0.717, 1.165) is 19.3 Å². The molecule has 3 aliphatic rings. The summed E-state index contributed by atoms with van der Waals surface area (Å²) in [7, 11) is 0. The van der Waals surface area contributed by atoms with Crippen molar-refractivity contribution in [1.29, 1.82) is 0 Å². The van der Waals surface area contributed by atoms with Crippen LogP contribution in [0.5, 0.6) is 11.5 Å². The number of benzene rings is 2. The number of amides is 1. The van der Waals surface area contributed by atoms with Crippen molar-refractivity contribution in [2.45, 2.75) is 37.3 Å². The van der Waals surface area contributed by atoms with Crippen LogP contribution in [0, 0.1) is 5.92 Å². The number of hydrogen-bond donors (Lipinski definition) is 1. The maximum Gasteiger partial charge on any atom is 0.258 e. The molecule has 1 atom stereocenters. The number of ether oxygens (including phenoxy) is 2. The average Bonchev–Trinajstić information content (AvgIpc) is 3.46. The molecule has 0 radical (unpaired) electrons. The Kier molecular flexibility index (Phi) is 5.69. The van der Waals surface area contributed by atoms with Crippen LogP contribution in [0.4, 0.5) is 0 Å². The summed E-state index contributed by atoms with van der Waals surface area (Å²) >= 11 is 11.7. The Morgan fingerprint density at radius 3 is 2.28 bits per heavy atom. The lowest BCUT2D eigenvalue weighted by Crippen LogP contribution is -2.53. The molecule has 0 saturated heterocycles. The highest BCUT2D eigenvalue weighted by atomic mass is 35.5. The molecule has 7 nitrogen and oxygen atoms in total. The fraction of sp³-hybridized carbons (Fsp3) is 0.348. The largest absolute Gasteiger partial charge is 0.485 e. The van der Waals surface area contributed by atoms with E-state index in [9.17, 15) is 4.79 Å². The van der Waals surface area contributed by atoms with Gasteiger partial charge < -0.3 is 19.3 Å². The molecular weight excluding hydrogens is 453 g/mol. The summed E-state index contributed by atoms with van der Waals surface area (Å²) in [6.45, 7) is 0.178. The molecule has 32 heavy (non-hydrogen) atoms. The van der Waals surface area contributed by atoms with Gasteiger partial charge in [0, 0.05) is 21.5 Å². The van der Waals surface area contributed by atoms with Crippen LogP contribution in [0.15, 0.2) is 53.1 Å². The number of aromatic nitrogens is 2. The molecule has 0 spiro atoms. The van der Waals surface area contributed by atoms with Crippen LogP contribution < -0.4 is 14.8 Å². The number of nitrogens with zero attached hydrogens (tertiary/aromatic N) is 2. The molecule has 9 heteroatoms. The summed E-state index contributed by atoms with van der Waals surface area (Å²) in [6, 6.07) is 14.0. The number of hydrogen-bond acceptors (Lipinski definition) is 6. The molecule has 1 aromatic heterocycles. The van der Waals surface area contributed by atoms with E-state index in [1.54, 1.807) is 48.5 Å². The van der Waals surface area contributed by atoms with E-state index < -0.39 is 0 Å². The molecular formula is C23H21Cl2N3O4. The zero-order valence-electron chi connectivity index (χ0n) is 17.1. The zero-order chi connectivity index (χ0) is 22.1. The van der Waals surface area contributed by atoms with E-state index in [1.807, 2.05) is 0 Å². The van der Waals surface area contributed by atoms with E-state index in [1.165, 1.54) is 0 Å². The predicted molar refractivity (Wildman–Crippen MR) is 118 cm³/mol. The van der Waals surface area contributed by atoms with Gasteiger partial charge in [0.05, 0.1) is 0 Å². The standard InChI is InChI=1S/C23H21Cl2N3O4/c24-15-1-5-17(6-2-15)30-12-20-26-22(32-28-20)19-11-23(9-14(19)10-23)27-21(29)13-31-18-7-3-16(25)4-8-18/h1-8,14,19H,9-13H2,(H,27,29). The van der Waals surface area contributed by atoms with Crippen molar-refractivity contribution < 1.29 is 18.8 Å². The van der Waals surface area contributed by atoms with Crippen LogP contribution in [0.2, 0.25) is 10.0 Å². The summed E-state index contributed by atoms with van der Waals surface area (Å²) in [5.74, 6) is 2.83. The summed E-state index contributed by atoms with van der Waals surface area (Å²) in [5.41, 5.74) is -0.218. The molecule has 6 rings (SSSR count). The molecule has 3 aliphatic carbocycles. The lowest BCUT2D eigenvalue weighted by atomic mass is 9.76. The van der Waals surface area contributed by atoms with Crippen LogP contribution in [0.25, 0.3) is 0 Å². The Morgan fingerprint density at radius 2 is 1.62 bits per heavy atom. The van der Waals surface area contributed by atoms with Gasteiger partial charge in [-0.2, -0.15) is 4.98 Å². The number of nitrogens with one attached hydrogen (secondary N) is 1. The number of halogens is 2. The number of fused-ring (bicyclic) bond motifs is 1. The molecule has 1 unspecified atom stereocenters. The van der Waals surface area contributed by atoms with Crippen molar-refractivity contribution in [2.24, 2.45) is 5.92 Å². The molecule has 2 bridgehead atoms. The second-order valence-corrected chi connectivity index (χ2v) is 9.21. The van der Waals surface area contributed by atoms with Crippen molar-refractivity contribution in [3.05, 3.63) is 70.3 Å². The molecule has 3 aromatic rings. The maximum atomic E-state index is 12.4. The van der Waals surface area contributed by atoms with E-state index in [4.69, 9.17) is 37.2 Å². The van der Waals surface area contributed by atoms with Gasteiger partial charge in [-0.05, 0) is 73.7 Å². The van der Waals surface area contributed by atoms with Gasteiger partial charge in [-0.25, -0.2) is 0 Å². The quantitative estimate of drug-likeness (QED) is 0.506. The second kappa shape index (κ2) is 8.64. The van der Waals surface area contributed by atoms with Gasteiger partial charge in [0.2, 0.25) is 11.7 Å². The van der Waals surface area contributed by atoms with Gasteiger partial charge in [0.25, 0.3) is 5.91 Å². The summed E-state index contributed by atoms with van der Waals surface area (Å²) < 4.78 is 16.7. The third-order valence-corrected chi connectivity index (χ3v) is 6.56. The van der Waals surface area contributed by atoms with Gasteiger partial charge in [0.15, 0.2) is 13.2 Å². The highest BCUT2D eigenvalue weighted by Gasteiger charge is 2.58. The van der Waals surface area contributed by atoms with Crippen molar-refractivity contribution in [3.8, 4) is 11.5 Å². The molecule has 166 valence electrons. The van der Waals surface area contributed by atoms with Crippen LogP contribution in [-0.2, 0) is 11.4 Å². The minimum atomic E-state index is -0.218. The Bertz CT molecular complexity index is 1100. The lowest BCUT2D eigenvalue weighted by Gasteiger charge is -2.39. The first-order valence-corrected chi connectivity index (χ1v) is 11.1. The second-order valence-electron chi connectivity index (χ2n) is 8.34. The highest BCUT2D eigenvalue weighted by molar-refractivity contribution is 6.30. The summed E-state index contributed by atoms with van der Waals surface area (Å²) in [4.78, 5) is 16.9. The Labute approximate surface area is 195 Å². The van der Waals surface area contributed by atoms with E-state index >= 15 is 0 Å². The summed E-state index contributed by atoms with van der Waals surface area (Å²) in [6.07, 6.45) is 2.59. The number of carbonyl (C=O) groups is 1.